The van der Waals surface area contributed by atoms with Crippen molar-refractivity contribution in [2.24, 2.45) is 0 Å². The van der Waals surface area contributed by atoms with Crippen molar-refractivity contribution in [1.29, 1.82) is 0 Å². The summed E-state index contributed by atoms with van der Waals surface area (Å²) in [6.45, 7) is 13.9. The summed E-state index contributed by atoms with van der Waals surface area (Å²) >= 11 is 1.53. The van der Waals surface area contributed by atoms with E-state index in [4.69, 9.17) is 0 Å². The summed E-state index contributed by atoms with van der Waals surface area (Å²) in [6, 6.07) is 63.5. The van der Waals surface area contributed by atoms with Gasteiger partial charge in [-0.05, 0) is 39.5 Å². The molecule has 8 aromatic rings. The van der Waals surface area contributed by atoms with Crippen LogP contribution in [-0.2, 0) is 54.3 Å². The number of hydrogen-bond acceptors (Lipinski definition) is 0. The molecule has 0 bridgehead atoms. The second-order valence-electron chi connectivity index (χ2n) is 18.7. The van der Waals surface area contributed by atoms with E-state index in [0.29, 0.717) is 0 Å². The molecule has 62 heavy (non-hydrogen) atoms. The molecule has 0 aromatic heterocycles. The second kappa shape index (κ2) is 18.9. The van der Waals surface area contributed by atoms with Crippen LogP contribution in [0.1, 0.15) is 81.3 Å². The standard InChI is InChI=1S/C33H33.C23H18.C5H5.Zr/c1-32(2,3)30-20-26-24(18-28(30)22-13-9-7-10-14-22)17-25-19-29(23-15-11-8-12-16-23)31(21-27(25)26)33(4,5)6;1-3-16-22-18(8-1)10-5-12-20(22)14-7-15-21-13-6-11-19-9-2-4-17-23(19)21;1-2-4-5-3-1;/h7-16,18,20-21H,17H2,1-6H3;1-6,8-13,16-17H,14-15H2;1-3H,4H2;/q-1;;-1;+2. The SMILES string of the molecule is CC(C)(C)c1cc2c([c-]c1-c1ccccc1)Cc1cc(-c3ccccc3)c(C(C)(C)C)cc1-2.[C-]1=CC=CC1.[Zr+2]=[C](Cc1cccc2ccccc12)Cc1cccc2ccccc12. The zero-order valence-electron chi connectivity index (χ0n) is 37.1. The summed E-state index contributed by atoms with van der Waals surface area (Å²) in [7, 11) is 0. The van der Waals surface area contributed by atoms with E-state index in [1.54, 1.807) is 3.21 Å². The summed E-state index contributed by atoms with van der Waals surface area (Å²) in [5.74, 6) is 0. The molecule has 0 amide bonds. The molecular weight excluding hydrogens is 824 g/mol. The first-order chi connectivity index (χ1) is 29.9. The van der Waals surface area contributed by atoms with E-state index in [1.807, 2.05) is 12.2 Å². The van der Waals surface area contributed by atoms with Gasteiger partial charge >= 0.3 is 158 Å². The number of hydrogen-bond donors (Lipinski definition) is 0. The zero-order chi connectivity index (χ0) is 43.3. The van der Waals surface area contributed by atoms with Crippen molar-refractivity contribution in [1.82, 2.24) is 0 Å². The topological polar surface area (TPSA) is 0 Å². The number of fused-ring (bicyclic) bond motifs is 5. The van der Waals surface area contributed by atoms with Gasteiger partial charge in [-0.15, -0.1) is 35.2 Å². The van der Waals surface area contributed by atoms with Crippen molar-refractivity contribution >= 4 is 24.8 Å². The second-order valence-corrected chi connectivity index (χ2v) is 20.4. The molecule has 0 radical (unpaired) electrons. The minimum atomic E-state index is 0.0380. The monoisotopic (exact) mass is 878 g/mol. The molecule has 0 saturated carbocycles. The molecule has 304 valence electrons. The van der Waals surface area contributed by atoms with Crippen molar-refractivity contribution in [3.8, 4) is 33.4 Å². The minimum absolute atomic E-state index is 0.0380. The van der Waals surface area contributed by atoms with Crippen molar-refractivity contribution in [3.05, 3.63) is 228 Å². The quantitative estimate of drug-likeness (QED) is 0.146. The summed E-state index contributed by atoms with van der Waals surface area (Å²) in [5.41, 5.74) is 16.4. The molecule has 0 saturated heterocycles. The van der Waals surface area contributed by atoms with E-state index in [-0.39, 0.29) is 10.8 Å². The van der Waals surface area contributed by atoms with Gasteiger partial charge in [0, 0.05) is 0 Å². The Bertz CT molecular complexity index is 2700. The Balaban J connectivity index is 0.000000159. The van der Waals surface area contributed by atoms with Gasteiger partial charge in [0.05, 0.1) is 0 Å². The van der Waals surface area contributed by atoms with Crippen LogP contribution in [0.15, 0.2) is 182 Å². The summed E-state index contributed by atoms with van der Waals surface area (Å²) in [4.78, 5) is 0. The Morgan fingerprint density at radius 3 is 1.56 bits per heavy atom. The third-order valence-electron chi connectivity index (χ3n) is 12.0. The van der Waals surface area contributed by atoms with Crippen molar-refractivity contribution < 1.29 is 24.2 Å². The maximum atomic E-state index is 3.88. The van der Waals surface area contributed by atoms with E-state index in [0.717, 1.165) is 25.7 Å². The van der Waals surface area contributed by atoms with Gasteiger partial charge in [0.25, 0.3) is 0 Å². The van der Waals surface area contributed by atoms with Crippen LogP contribution in [0.3, 0.4) is 0 Å². The fourth-order valence-electron chi connectivity index (χ4n) is 8.86. The van der Waals surface area contributed by atoms with Crippen molar-refractivity contribution in [2.45, 2.75) is 78.1 Å². The first-order valence-electron chi connectivity index (χ1n) is 22.0. The Morgan fingerprint density at radius 1 is 0.532 bits per heavy atom. The average molecular weight is 880 g/mol. The van der Waals surface area contributed by atoms with E-state index < -0.39 is 0 Å². The molecule has 0 unspecified atom stereocenters. The molecule has 0 N–H and O–H groups in total. The fraction of sp³-hybridized carbons (Fsp3) is 0.197. The fourth-order valence-corrected chi connectivity index (χ4v) is 9.79. The molecule has 2 aliphatic rings. The first kappa shape index (κ1) is 43.2. The molecule has 2 aliphatic carbocycles. The van der Waals surface area contributed by atoms with Gasteiger partial charge in [-0.3, -0.25) is 6.08 Å². The molecule has 0 fully saturated rings. The van der Waals surface area contributed by atoms with Gasteiger partial charge in [-0.2, -0.15) is 6.08 Å². The summed E-state index contributed by atoms with van der Waals surface area (Å²) in [6.07, 6.45) is 13.1. The number of allylic oxidation sites excluding steroid dienone is 4. The van der Waals surface area contributed by atoms with E-state index in [1.165, 1.54) is 113 Å². The Kier molecular flexibility index (Phi) is 13.1. The summed E-state index contributed by atoms with van der Waals surface area (Å²) in [5, 5.41) is 5.45. The Hall–Kier alpha value is -5.49. The van der Waals surface area contributed by atoms with Crippen LogP contribution in [0.2, 0.25) is 0 Å². The molecule has 0 spiro atoms. The predicted octanol–water partition coefficient (Wildman–Crippen LogP) is 15.8. The normalized spacial score (nSPS) is 12.6. The van der Waals surface area contributed by atoms with Crippen molar-refractivity contribution in [2.75, 3.05) is 0 Å². The van der Waals surface area contributed by atoms with E-state index in [2.05, 4.69) is 224 Å². The first-order valence-corrected chi connectivity index (χ1v) is 23.3. The van der Waals surface area contributed by atoms with Gasteiger partial charge in [0.15, 0.2) is 0 Å². The third-order valence-corrected chi connectivity index (χ3v) is 12.8. The predicted molar refractivity (Wildman–Crippen MR) is 264 cm³/mol. The third kappa shape index (κ3) is 9.91. The van der Waals surface area contributed by atoms with Gasteiger partial charge in [0.2, 0.25) is 0 Å². The molecule has 0 nitrogen and oxygen atoms in total. The molecule has 0 aliphatic heterocycles. The van der Waals surface area contributed by atoms with E-state index >= 15 is 0 Å². The van der Waals surface area contributed by atoms with Crippen molar-refractivity contribution in [3.63, 3.8) is 0 Å². The maximum absolute atomic E-state index is 3.88. The van der Waals surface area contributed by atoms with Crippen LogP contribution in [0, 0.1) is 12.1 Å². The summed E-state index contributed by atoms with van der Waals surface area (Å²) < 4.78 is 1.59. The van der Waals surface area contributed by atoms with Crippen LogP contribution >= 0.6 is 0 Å². The molecule has 0 atom stereocenters. The van der Waals surface area contributed by atoms with Crippen LogP contribution in [0.25, 0.3) is 54.9 Å². The molecule has 10 rings (SSSR count). The molecular formula is C61H56Zr. The zero-order valence-corrected chi connectivity index (χ0v) is 39.6. The molecule has 0 heterocycles. The average Bonchev–Trinajstić information content (AvgIpc) is 3.98. The van der Waals surface area contributed by atoms with Gasteiger partial charge in [0.1, 0.15) is 0 Å². The van der Waals surface area contributed by atoms with Crippen LogP contribution < -0.4 is 0 Å². The van der Waals surface area contributed by atoms with Crippen LogP contribution in [0.4, 0.5) is 0 Å². The molecule has 1 heteroatoms. The Morgan fingerprint density at radius 2 is 1.05 bits per heavy atom. The number of rotatable bonds is 6. The van der Waals surface area contributed by atoms with Gasteiger partial charge < -0.3 is 0 Å². The van der Waals surface area contributed by atoms with Crippen LogP contribution in [0.5, 0.6) is 0 Å². The molecule has 8 aromatic carbocycles. The number of benzene rings is 8. The van der Waals surface area contributed by atoms with Gasteiger partial charge in [-0.1, -0.05) is 131 Å². The van der Waals surface area contributed by atoms with Gasteiger partial charge in [-0.25, -0.2) is 12.2 Å². The van der Waals surface area contributed by atoms with E-state index in [9.17, 15) is 0 Å². The van der Waals surface area contributed by atoms with Crippen LogP contribution in [-0.4, -0.2) is 3.21 Å². The Labute approximate surface area is 385 Å².